The van der Waals surface area contributed by atoms with Gasteiger partial charge in [0.2, 0.25) is 0 Å². The molecule has 218 valence electrons. The third-order valence-electron chi connectivity index (χ3n) is 10.3. The number of rotatable bonds is 3. The van der Waals surface area contributed by atoms with Gasteiger partial charge in [-0.2, -0.15) is 0 Å². The van der Waals surface area contributed by atoms with Crippen LogP contribution in [0.1, 0.15) is 11.1 Å². The molecule has 0 nitrogen and oxygen atoms in total. The van der Waals surface area contributed by atoms with Crippen LogP contribution in [0, 0.1) is 0 Å². The third-order valence-corrected chi connectivity index (χ3v) is 10.3. The lowest BCUT2D eigenvalue weighted by Gasteiger charge is -2.19. The summed E-state index contributed by atoms with van der Waals surface area (Å²) in [6.45, 7) is 0. The summed E-state index contributed by atoms with van der Waals surface area (Å²) in [5.74, 6) is 0. The van der Waals surface area contributed by atoms with Crippen LogP contribution in [0.4, 0.5) is 0 Å². The van der Waals surface area contributed by atoms with Crippen LogP contribution in [-0.2, 0) is 6.42 Å². The highest BCUT2D eigenvalue weighted by Gasteiger charge is 2.22. The Labute approximate surface area is 274 Å². The summed E-state index contributed by atoms with van der Waals surface area (Å²) in [7, 11) is 0. The molecule has 0 aromatic heterocycles. The summed E-state index contributed by atoms with van der Waals surface area (Å²) >= 11 is 0. The van der Waals surface area contributed by atoms with Crippen molar-refractivity contribution in [2.45, 2.75) is 6.42 Å². The van der Waals surface area contributed by atoms with Crippen molar-refractivity contribution >= 4 is 43.1 Å². The van der Waals surface area contributed by atoms with Gasteiger partial charge in [-0.15, -0.1) is 0 Å². The average Bonchev–Trinajstić information content (AvgIpc) is 3.49. The topological polar surface area (TPSA) is 0 Å². The van der Waals surface area contributed by atoms with Crippen molar-refractivity contribution in [3.05, 3.63) is 181 Å². The lowest BCUT2D eigenvalue weighted by Crippen LogP contribution is -1.92. The lowest BCUT2D eigenvalue weighted by atomic mass is 9.83. The second-order valence-corrected chi connectivity index (χ2v) is 12.8. The zero-order valence-electron chi connectivity index (χ0n) is 25.9. The molecule has 0 atom stereocenters. The van der Waals surface area contributed by atoms with Gasteiger partial charge in [-0.1, -0.05) is 158 Å². The molecule has 0 saturated heterocycles. The molecular weight excluding hydrogens is 565 g/mol. The summed E-state index contributed by atoms with van der Waals surface area (Å²) in [6.07, 6.45) is 0.995. The van der Waals surface area contributed by atoms with Crippen LogP contribution in [0.15, 0.2) is 170 Å². The third kappa shape index (κ3) is 4.02. The van der Waals surface area contributed by atoms with E-state index in [1.54, 1.807) is 0 Å². The predicted molar refractivity (Wildman–Crippen MR) is 201 cm³/mol. The monoisotopic (exact) mass is 594 g/mol. The second kappa shape index (κ2) is 10.3. The van der Waals surface area contributed by atoms with E-state index < -0.39 is 0 Å². The molecule has 0 amide bonds. The van der Waals surface area contributed by atoms with Crippen molar-refractivity contribution in [3.63, 3.8) is 0 Å². The van der Waals surface area contributed by atoms with Gasteiger partial charge in [0.05, 0.1) is 0 Å². The van der Waals surface area contributed by atoms with Gasteiger partial charge >= 0.3 is 0 Å². The van der Waals surface area contributed by atoms with E-state index >= 15 is 0 Å². The quantitative estimate of drug-likeness (QED) is 0.179. The molecule has 0 N–H and O–H groups in total. The fraction of sp³-hybridized carbons (Fsp3) is 0.0213. The highest BCUT2D eigenvalue weighted by molar-refractivity contribution is 6.24. The van der Waals surface area contributed by atoms with E-state index in [4.69, 9.17) is 0 Å². The number of benzene rings is 9. The highest BCUT2D eigenvalue weighted by atomic mass is 14.3. The first-order valence-corrected chi connectivity index (χ1v) is 16.5. The number of hydrogen-bond acceptors (Lipinski definition) is 0. The summed E-state index contributed by atoms with van der Waals surface area (Å²) < 4.78 is 0. The van der Waals surface area contributed by atoms with Gasteiger partial charge in [0, 0.05) is 0 Å². The fourth-order valence-corrected chi connectivity index (χ4v) is 8.14. The first kappa shape index (κ1) is 26.3. The molecule has 9 aromatic rings. The van der Waals surface area contributed by atoms with Crippen molar-refractivity contribution in [2.75, 3.05) is 0 Å². The molecule has 9 aromatic carbocycles. The fourth-order valence-electron chi connectivity index (χ4n) is 8.14. The maximum atomic E-state index is 2.43. The summed E-state index contributed by atoms with van der Waals surface area (Å²) in [4.78, 5) is 0. The van der Waals surface area contributed by atoms with Gasteiger partial charge in [0.25, 0.3) is 0 Å². The minimum atomic E-state index is 0.995. The Hall–Kier alpha value is -5.98. The van der Waals surface area contributed by atoms with E-state index in [1.807, 2.05) is 0 Å². The molecule has 0 saturated carbocycles. The molecule has 0 fully saturated rings. The largest absolute Gasteiger partial charge is 0.0622 e. The Kier molecular flexibility index (Phi) is 5.74. The molecule has 10 rings (SSSR count). The molecule has 1 aliphatic rings. The van der Waals surface area contributed by atoms with Crippen molar-refractivity contribution < 1.29 is 0 Å². The summed E-state index contributed by atoms with van der Waals surface area (Å²) in [5, 5.41) is 10.3. The van der Waals surface area contributed by atoms with Crippen LogP contribution in [0.5, 0.6) is 0 Å². The second-order valence-electron chi connectivity index (χ2n) is 12.8. The normalized spacial score (nSPS) is 12.2. The maximum absolute atomic E-state index is 2.43. The van der Waals surface area contributed by atoms with Crippen LogP contribution in [0.2, 0.25) is 0 Å². The van der Waals surface area contributed by atoms with Crippen LogP contribution >= 0.6 is 0 Å². The van der Waals surface area contributed by atoms with Gasteiger partial charge in [-0.05, 0) is 117 Å². The summed E-state index contributed by atoms with van der Waals surface area (Å²) in [6, 6.07) is 63.0. The minimum Gasteiger partial charge on any atom is -0.0622 e. The van der Waals surface area contributed by atoms with Crippen LogP contribution in [0.3, 0.4) is 0 Å². The molecular formula is C47H30. The zero-order chi connectivity index (χ0) is 30.9. The predicted octanol–water partition coefficient (Wildman–Crippen LogP) is 12.9. The van der Waals surface area contributed by atoms with E-state index in [0.717, 1.165) is 6.42 Å². The Morgan fingerprint density at radius 3 is 1.47 bits per heavy atom. The highest BCUT2D eigenvalue weighted by Crippen LogP contribution is 2.47. The maximum Gasteiger partial charge on any atom is -0.00132 e. The number of fused-ring (bicyclic) bond motifs is 7. The molecule has 0 bridgehead atoms. The first-order chi connectivity index (χ1) is 23.3. The molecule has 1 aliphatic carbocycles. The molecule has 0 heterocycles. The van der Waals surface area contributed by atoms with E-state index in [-0.39, 0.29) is 0 Å². The molecule has 0 aliphatic heterocycles. The lowest BCUT2D eigenvalue weighted by molar-refractivity contribution is 1.27. The van der Waals surface area contributed by atoms with Gasteiger partial charge in [-0.3, -0.25) is 0 Å². The Morgan fingerprint density at radius 1 is 0.277 bits per heavy atom. The van der Waals surface area contributed by atoms with Gasteiger partial charge in [-0.25, -0.2) is 0 Å². The van der Waals surface area contributed by atoms with Crippen molar-refractivity contribution in [3.8, 4) is 44.5 Å². The smallest absolute Gasteiger partial charge is 0.00132 e. The minimum absolute atomic E-state index is 0.995. The Bertz CT molecular complexity index is 2640. The van der Waals surface area contributed by atoms with Gasteiger partial charge < -0.3 is 0 Å². The van der Waals surface area contributed by atoms with Gasteiger partial charge in [0.1, 0.15) is 0 Å². The average molecular weight is 595 g/mol. The molecule has 0 heteroatoms. The van der Waals surface area contributed by atoms with E-state index in [9.17, 15) is 0 Å². The Balaban J connectivity index is 1.20. The van der Waals surface area contributed by atoms with Crippen molar-refractivity contribution in [1.82, 2.24) is 0 Å². The van der Waals surface area contributed by atoms with Gasteiger partial charge in [0.15, 0.2) is 0 Å². The van der Waals surface area contributed by atoms with E-state index in [2.05, 4.69) is 170 Å². The first-order valence-electron chi connectivity index (χ1n) is 16.5. The Morgan fingerprint density at radius 2 is 0.787 bits per heavy atom. The van der Waals surface area contributed by atoms with E-state index in [1.165, 1.54) is 98.7 Å². The molecule has 0 radical (unpaired) electrons. The van der Waals surface area contributed by atoms with Crippen molar-refractivity contribution in [2.24, 2.45) is 0 Å². The SMILES string of the molecule is c1ccc(-c2c3ccccc3c(-c3ccc(-c4ccc5c(c4)-c4cc6ccccc6cc4C5)c4ccccc34)c3ccccc23)cc1. The molecule has 0 unspecified atom stereocenters. The van der Waals surface area contributed by atoms with E-state index in [0.29, 0.717) is 0 Å². The standard InChI is InChI=1S/C47H30/c1-2-12-30(13-3-1)46-39-18-8-10-20-41(39)47(42-21-11-9-19-40(42)46)43-25-24-36(37-16-6-7-17-38(37)43)34-23-22-33-27-35-26-31-14-4-5-15-32(31)28-45(35)44(33)29-34/h1-26,28-29H,27H2. The number of hydrogen-bond donors (Lipinski definition) is 0. The summed E-state index contributed by atoms with van der Waals surface area (Å²) in [5.41, 5.74) is 13.2. The molecule has 0 spiro atoms. The van der Waals surface area contributed by atoms with Crippen molar-refractivity contribution in [1.29, 1.82) is 0 Å². The zero-order valence-corrected chi connectivity index (χ0v) is 25.9. The molecule has 47 heavy (non-hydrogen) atoms. The van der Waals surface area contributed by atoms with Crippen LogP contribution in [-0.4, -0.2) is 0 Å². The van der Waals surface area contributed by atoms with Crippen LogP contribution in [0.25, 0.3) is 87.6 Å². The van der Waals surface area contributed by atoms with Crippen LogP contribution < -0.4 is 0 Å².